The highest BCUT2D eigenvalue weighted by Crippen LogP contribution is 2.42. The zero-order valence-corrected chi connectivity index (χ0v) is 11.3. The first-order valence-electron chi connectivity index (χ1n) is 6.97. The van der Waals surface area contributed by atoms with Crippen LogP contribution in [0.15, 0.2) is 0 Å². The molecule has 1 amide bonds. The number of carbonyl (C=O) groups excluding carboxylic acids is 1. The van der Waals surface area contributed by atoms with Crippen molar-refractivity contribution in [1.82, 2.24) is 9.80 Å². The van der Waals surface area contributed by atoms with Gasteiger partial charge in [-0.25, -0.2) is 4.39 Å². The molecule has 2 heterocycles. The number of amides is 1. The zero-order chi connectivity index (χ0) is 13.5. The molecule has 0 aromatic carbocycles. The van der Waals surface area contributed by atoms with Gasteiger partial charge in [0.2, 0.25) is 0 Å². The summed E-state index contributed by atoms with van der Waals surface area (Å²) in [5.41, 5.74) is -1.56. The van der Waals surface area contributed by atoms with E-state index in [1.54, 1.807) is 12.0 Å². The number of fused-ring (bicyclic) bond motifs is 1. The van der Waals surface area contributed by atoms with Crippen molar-refractivity contribution < 1.29 is 18.7 Å². The standard InChI is InChI=1S/C13H21FN2O3/c1-18-6-4-15-5-7-19-11-9-16(8-10(11)15)12(17)13(14)2-3-13/h10-11H,2-9H2,1H3/t10-,11+/m1/s1. The molecule has 2 saturated heterocycles. The SMILES string of the molecule is COCCN1CCO[C@H]2CN(C(=O)C3(F)CC3)C[C@H]21. The number of morpholine rings is 1. The number of likely N-dealkylation sites (tertiary alicyclic amines) is 1. The maximum absolute atomic E-state index is 13.9. The highest BCUT2D eigenvalue weighted by Gasteiger charge is 2.55. The Morgan fingerprint density at radius 1 is 1.47 bits per heavy atom. The maximum atomic E-state index is 13.9. The number of nitrogens with zero attached hydrogens (tertiary/aromatic N) is 2. The van der Waals surface area contributed by atoms with Gasteiger partial charge in [-0.05, 0) is 12.8 Å². The predicted molar refractivity (Wildman–Crippen MR) is 66.6 cm³/mol. The van der Waals surface area contributed by atoms with E-state index in [0.29, 0.717) is 39.1 Å². The lowest BCUT2D eigenvalue weighted by molar-refractivity contribution is -0.137. The number of ether oxygens (including phenoxy) is 2. The van der Waals surface area contributed by atoms with Gasteiger partial charge in [-0.3, -0.25) is 9.69 Å². The first kappa shape index (κ1) is 13.3. The fourth-order valence-electron chi connectivity index (χ4n) is 3.02. The van der Waals surface area contributed by atoms with E-state index in [4.69, 9.17) is 9.47 Å². The molecule has 0 aromatic heterocycles. The van der Waals surface area contributed by atoms with Crippen LogP contribution in [0, 0.1) is 0 Å². The van der Waals surface area contributed by atoms with Crippen molar-refractivity contribution in [3.63, 3.8) is 0 Å². The molecule has 0 unspecified atom stereocenters. The van der Waals surface area contributed by atoms with Crippen molar-refractivity contribution in [1.29, 1.82) is 0 Å². The third-order valence-electron chi connectivity index (χ3n) is 4.36. The minimum Gasteiger partial charge on any atom is -0.383 e. The van der Waals surface area contributed by atoms with Crippen molar-refractivity contribution in [2.24, 2.45) is 0 Å². The summed E-state index contributed by atoms with van der Waals surface area (Å²) in [5, 5.41) is 0. The van der Waals surface area contributed by atoms with E-state index in [1.165, 1.54) is 0 Å². The van der Waals surface area contributed by atoms with Crippen LogP contribution in [0.3, 0.4) is 0 Å². The maximum Gasteiger partial charge on any atom is 0.260 e. The second-order valence-corrected chi connectivity index (χ2v) is 5.68. The van der Waals surface area contributed by atoms with E-state index in [-0.39, 0.29) is 18.1 Å². The first-order chi connectivity index (χ1) is 9.14. The smallest absolute Gasteiger partial charge is 0.260 e. The topological polar surface area (TPSA) is 42.0 Å². The highest BCUT2D eigenvalue weighted by molar-refractivity contribution is 5.88. The van der Waals surface area contributed by atoms with Gasteiger partial charge in [0, 0.05) is 33.3 Å². The van der Waals surface area contributed by atoms with Gasteiger partial charge in [0.15, 0.2) is 5.67 Å². The molecule has 0 N–H and O–H groups in total. The second kappa shape index (κ2) is 5.00. The van der Waals surface area contributed by atoms with Gasteiger partial charge in [0.05, 0.1) is 25.4 Å². The third kappa shape index (κ3) is 2.49. The van der Waals surface area contributed by atoms with Crippen LogP contribution in [0.2, 0.25) is 0 Å². The van der Waals surface area contributed by atoms with Gasteiger partial charge in [-0.1, -0.05) is 0 Å². The molecule has 0 spiro atoms. The fourth-order valence-corrected chi connectivity index (χ4v) is 3.02. The van der Waals surface area contributed by atoms with Crippen LogP contribution in [-0.2, 0) is 14.3 Å². The van der Waals surface area contributed by atoms with Crippen molar-refractivity contribution in [2.75, 3.05) is 46.5 Å². The Morgan fingerprint density at radius 3 is 2.95 bits per heavy atom. The van der Waals surface area contributed by atoms with E-state index in [9.17, 15) is 9.18 Å². The summed E-state index contributed by atoms with van der Waals surface area (Å²) in [5.74, 6) is -0.336. The first-order valence-corrected chi connectivity index (χ1v) is 6.97. The molecule has 19 heavy (non-hydrogen) atoms. The zero-order valence-electron chi connectivity index (χ0n) is 11.3. The molecule has 5 nitrogen and oxygen atoms in total. The molecular weight excluding hydrogens is 251 g/mol. The Morgan fingerprint density at radius 2 is 2.26 bits per heavy atom. The molecule has 108 valence electrons. The Labute approximate surface area is 112 Å². The van der Waals surface area contributed by atoms with Crippen molar-refractivity contribution in [2.45, 2.75) is 30.7 Å². The molecule has 0 bridgehead atoms. The number of hydrogen-bond donors (Lipinski definition) is 0. The largest absolute Gasteiger partial charge is 0.383 e. The number of hydrogen-bond acceptors (Lipinski definition) is 4. The minimum absolute atomic E-state index is 0.0249. The molecule has 0 aromatic rings. The Hall–Kier alpha value is -0.720. The summed E-state index contributed by atoms with van der Waals surface area (Å²) in [6, 6.07) is 0.190. The molecule has 1 aliphatic carbocycles. The number of carbonyl (C=O) groups is 1. The molecule has 3 fully saturated rings. The van der Waals surface area contributed by atoms with Crippen LogP contribution >= 0.6 is 0 Å². The lowest BCUT2D eigenvalue weighted by Crippen LogP contribution is -2.51. The average Bonchev–Trinajstić information content (AvgIpc) is 3.02. The lowest BCUT2D eigenvalue weighted by atomic mass is 10.1. The van der Waals surface area contributed by atoms with Crippen LogP contribution in [-0.4, -0.2) is 80.0 Å². The number of rotatable bonds is 4. The summed E-state index contributed by atoms with van der Waals surface area (Å²) in [7, 11) is 1.68. The lowest BCUT2D eigenvalue weighted by Gasteiger charge is -2.36. The average molecular weight is 272 g/mol. The molecule has 2 aliphatic heterocycles. The normalized spacial score (nSPS) is 33.3. The Balaban J connectivity index is 1.63. The summed E-state index contributed by atoms with van der Waals surface area (Å²) < 4.78 is 24.7. The van der Waals surface area contributed by atoms with Gasteiger partial charge in [0.1, 0.15) is 0 Å². The Kier molecular flexibility index (Phi) is 3.49. The summed E-state index contributed by atoms with van der Waals surface area (Å²) >= 11 is 0. The van der Waals surface area contributed by atoms with Crippen LogP contribution < -0.4 is 0 Å². The molecule has 0 radical (unpaired) electrons. The minimum atomic E-state index is -1.56. The van der Waals surface area contributed by atoms with E-state index in [2.05, 4.69) is 4.90 Å². The van der Waals surface area contributed by atoms with E-state index >= 15 is 0 Å². The van der Waals surface area contributed by atoms with Crippen molar-refractivity contribution >= 4 is 5.91 Å². The summed E-state index contributed by atoms with van der Waals surface area (Å²) in [6.07, 6.45) is 0.787. The third-order valence-corrected chi connectivity index (χ3v) is 4.36. The molecule has 1 saturated carbocycles. The monoisotopic (exact) mass is 272 g/mol. The summed E-state index contributed by atoms with van der Waals surface area (Å²) in [6.45, 7) is 4.15. The molecule has 2 atom stereocenters. The molecule has 3 rings (SSSR count). The van der Waals surface area contributed by atoms with Gasteiger partial charge >= 0.3 is 0 Å². The van der Waals surface area contributed by atoms with Crippen molar-refractivity contribution in [3.8, 4) is 0 Å². The highest BCUT2D eigenvalue weighted by atomic mass is 19.1. The number of methoxy groups -OCH3 is 1. The van der Waals surface area contributed by atoms with Gasteiger partial charge < -0.3 is 14.4 Å². The van der Waals surface area contributed by atoms with E-state index < -0.39 is 5.67 Å². The molecule has 6 heteroatoms. The van der Waals surface area contributed by atoms with Crippen molar-refractivity contribution in [3.05, 3.63) is 0 Å². The van der Waals surface area contributed by atoms with Gasteiger partial charge in [-0.15, -0.1) is 0 Å². The molecular formula is C13H21FN2O3. The quantitative estimate of drug-likeness (QED) is 0.725. The van der Waals surface area contributed by atoms with Crippen LogP contribution in [0.5, 0.6) is 0 Å². The van der Waals surface area contributed by atoms with Crippen LogP contribution in [0.4, 0.5) is 4.39 Å². The second-order valence-electron chi connectivity index (χ2n) is 5.68. The van der Waals surface area contributed by atoms with E-state index in [0.717, 1.165) is 13.1 Å². The van der Waals surface area contributed by atoms with Gasteiger partial charge in [-0.2, -0.15) is 0 Å². The summed E-state index contributed by atoms with van der Waals surface area (Å²) in [4.78, 5) is 16.0. The predicted octanol–water partition coefficient (Wildman–Crippen LogP) is 0.0465. The number of halogens is 1. The number of alkyl halides is 1. The van der Waals surface area contributed by atoms with Crippen LogP contribution in [0.25, 0.3) is 0 Å². The van der Waals surface area contributed by atoms with E-state index in [1.807, 2.05) is 0 Å². The molecule has 3 aliphatic rings. The van der Waals surface area contributed by atoms with Gasteiger partial charge in [0.25, 0.3) is 5.91 Å². The fraction of sp³-hybridized carbons (Fsp3) is 0.923. The Bertz CT molecular complexity index is 362. The van der Waals surface area contributed by atoms with Crippen LogP contribution in [0.1, 0.15) is 12.8 Å².